The van der Waals surface area contributed by atoms with Crippen LogP contribution in [0.15, 0.2) is 48.8 Å². The maximum Gasteiger partial charge on any atom is 0.252 e. The molecule has 138 valence electrons. The summed E-state index contributed by atoms with van der Waals surface area (Å²) in [5, 5.41) is 1.44. The summed E-state index contributed by atoms with van der Waals surface area (Å²) in [6.07, 6.45) is 7.94. The van der Waals surface area contributed by atoms with Gasteiger partial charge in [0.15, 0.2) is 5.15 Å². The second kappa shape index (κ2) is 9.17. The van der Waals surface area contributed by atoms with Gasteiger partial charge in [0.25, 0.3) is 5.88 Å². The molecule has 1 fully saturated rings. The maximum absolute atomic E-state index is 5.94. The van der Waals surface area contributed by atoms with E-state index in [2.05, 4.69) is 42.6 Å². The second-order valence-corrected chi connectivity index (χ2v) is 6.15. The minimum Gasteiger partial charge on any atom is -0.468 e. The van der Waals surface area contributed by atoms with Crippen LogP contribution in [0.2, 0.25) is 5.15 Å². The number of pyridine rings is 1. The number of halogens is 1. The zero-order valence-corrected chi connectivity index (χ0v) is 15.6. The third-order valence-corrected chi connectivity index (χ3v) is 4.14. The molecule has 4 rings (SSSR count). The quantitative estimate of drug-likeness (QED) is 0.646. The van der Waals surface area contributed by atoms with Crippen LogP contribution in [0.4, 0.5) is 5.82 Å². The van der Waals surface area contributed by atoms with Crippen LogP contribution in [0.5, 0.6) is 5.88 Å². The van der Waals surface area contributed by atoms with Crippen LogP contribution in [-0.4, -0.2) is 47.9 Å². The third kappa shape index (κ3) is 4.85. The highest BCUT2D eigenvalue weighted by Crippen LogP contribution is 2.26. The van der Waals surface area contributed by atoms with E-state index < -0.39 is 0 Å². The first-order chi connectivity index (χ1) is 13.2. The second-order valence-electron chi connectivity index (χ2n) is 5.80. The normalized spacial score (nSPS) is 13.3. The van der Waals surface area contributed by atoms with Crippen molar-refractivity contribution in [2.75, 3.05) is 31.7 Å². The summed E-state index contributed by atoms with van der Waals surface area (Å²) in [7, 11) is 1.57. The van der Waals surface area contributed by atoms with E-state index in [-0.39, 0.29) is 6.10 Å². The SMILES string of the molecule is C#CCOC.Clc1nccnc1OC1CN(c2ccc3ccccc3n2)C1. The summed E-state index contributed by atoms with van der Waals surface area (Å²) in [5.74, 6) is 3.65. The Kier molecular flexibility index (Phi) is 6.42. The largest absolute Gasteiger partial charge is 0.468 e. The number of hydrogen-bond donors (Lipinski definition) is 0. The van der Waals surface area contributed by atoms with Crippen LogP contribution in [0, 0.1) is 12.3 Å². The minimum atomic E-state index is 0.0578. The van der Waals surface area contributed by atoms with Crippen LogP contribution >= 0.6 is 11.6 Å². The molecule has 2 aromatic heterocycles. The van der Waals surface area contributed by atoms with Gasteiger partial charge in [0.2, 0.25) is 0 Å². The highest BCUT2D eigenvalue weighted by molar-refractivity contribution is 6.30. The molecule has 6 nitrogen and oxygen atoms in total. The van der Waals surface area contributed by atoms with Gasteiger partial charge in [0.05, 0.1) is 18.6 Å². The number of methoxy groups -OCH3 is 1. The number of terminal acetylenes is 1. The predicted molar refractivity (Wildman–Crippen MR) is 106 cm³/mol. The lowest BCUT2D eigenvalue weighted by molar-refractivity contribution is 0.159. The molecule has 0 unspecified atom stereocenters. The Labute approximate surface area is 163 Å². The molecule has 0 saturated carbocycles. The monoisotopic (exact) mass is 382 g/mol. The van der Waals surface area contributed by atoms with Crippen molar-refractivity contribution < 1.29 is 9.47 Å². The Morgan fingerprint density at radius 1 is 1.19 bits per heavy atom. The molecule has 0 atom stereocenters. The summed E-state index contributed by atoms with van der Waals surface area (Å²) in [6.45, 7) is 1.94. The first-order valence-electron chi connectivity index (χ1n) is 8.37. The lowest BCUT2D eigenvalue weighted by Gasteiger charge is -2.39. The number of benzene rings is 1. The third-order valence-electron chi connectivity index (χ3n) is 3.88. The smallest absolute Gasteiger partial charge is 0.252 e. The molecule has 0 radical (unpaired) electrons. The number of rotatable bonds is 4. The average molecular weight is 383 g/mol. The van der Waals surface area contributed by atoms with Crippen LogP contribution < -0.4 is 9.64 Å². The first-order valence-corrected chi connectivity index (χ1v) is 8.75. The van der Waals surface area contributed by atoms with Crippen molar-refractivity contribution in [3.8, 4) is 18.2 Å². The number of fused-ring (bicyclic) bond motifs is 1. The van der Waals surface area contributed by atoms with Gasteiger partial charge in [-0.3, -0.25) is 0 Å². The van der Waals surface area contributed by atoms with Crippen LogP contribution in [-0.2, 0) is 4.74 Å². The molecule has 0 amide bonds. The summed E-state index contributed by atoms with van der Waals surface area (Å²) in [6, 6.07) is 12.2. The number of aromatic nitrogens is 3. The lowest BCUT2D eigenvalue weighted by Crippen LogP contribution is -2.54. The zero-order chi connectivity index (χ0) is 19.1. The van der Waals surface area contributed by atoms with E-state index in [0.717, 1.165) is 29.8 Å². The Bertz CT molecular complexity index is 938. The van der Waals surface area contributed by atoms with Crippen molar-refractivity contribution in [3.63, 3.8) is 0 Å². The Hall–Kier alpha value is -2.88. The van der Waals surface area contributed by atoms with E-state index >= 15 is 0 Å². The molecule has 0 N–H and O–H groups in total. The van der Waals surface area contributed by atoms with Gasteiger partial charge in [-0.1, -0.05) is 35.7 Å². The Balaban J connectivity index is 0.000000376. The molecule has 3 heterocycles. The van der Waals surface area contributed by atoms with Gasteiger partial charge in [-0.15, -0.1) is 6.42 Å². The number of para-hydroxylation sites is 1. The van der Waals surface area contributed by atoms with Crippen molar-refractivity contribution in [3.05, 3.63) is 53.9 Å². The minimum absolute atomic E-state index is 0.0578. The molecule has 1 aromatic carbocycles. The van der Waals surface area contributed by atoms with Gasteiger partial charge >= 0.3 is 0 Å². The van der Waals surface area contributed by atoms with E-state index in [9.17, 15) is 0 Å². The highest BCUT2D eigenvalue weighted by Gasteiger charge is 2.30. The molecule has 3 aromatic rings. The van der Waals surface area contributed by atoms with Gasteiger partial charge in [-0.2, -0.15) is 0 Å². The van der Waals surface area contributed by atoms with Crippen molar-refractivity contribution >= 4 is 28.3 Å². The van der Waals surface area contributed by atoms with Gasteiger partial charge in [0.1, 0.15) is 18.5 Å². The number of ether oxygens (including phenoxy) is 2. The zero-order valence-electron chi connectivity index (χ0n) is 14.9. The average Bonchev–Trinajstić information content (AvgIpc) is 2.66. The Morgan fingerprint density at radius 3 is 2.67 bits per heavy atom. The molecule has 7 heteroatoms. The summed E-state index contributed by atoms with van der Waals surface area (Å²) in [4.78, 5) is 14.9. The predicted octanol–water partition coefficient (Wildman–Crippen LogP) is 3.21. The fourth-order valence-electron chi connectivity index (χ4n) is 2.56. The van der Waals surface area contributed by atoms with Gasteiger partial charge < -0.3 is 14.4 Å². The summed E-state index contributed by atoms with van der Waals surface area (Å²) in [5.41, 5.74) is 1.00. The Morgan fingerprint density at radius 2 is 1.96 bits per heavy atom. The van der Waals surface area contributed by atoms with Crippen molar-refractivity contribution in [1.29, 1.82) is 0 Å². The van der Waals surface area contributed by atoms with Crippen LogP contribution in [0.1, 0.15) is 0 Å². The van der Waals surface area contributed by atoms with Crippen molar-refractivity contribution in [2.45, 2.75) is 6.10 Å². The van der Waals surface area contributed by atoms with E-state index in [1.165, 1.54) is 0 Å². The molecule has 0 bridgehead atoms. The topological polar surface area (TPSA) is 60.4 Å². The van der Waals surface area contributed by atoms with E-state index in [4.69, 9.17) is 22.8 Å². The standard InChI is InChI=1S/C16H13ClN4O.C4H6O/c17-15-16(19-8-7-18-15)22-12-9-21(10-12)14-6-5-11-3-1-2-4-13(11)20-14;1-3-4-5-2/h1-8,12H,9-10H2;1H,4H2,2H3. The number of anilines is 1. The fraction of sp³-hybridized carbons (Fsp3) is 0.250. The van der Waals surface area contributed by atoms with Crippen LogP contribution in [0.3, 0.4) is 0 Å². The number of hydrogen-bond acceptors (Lipinski definition) is 6. The summed E-state index contributed by atoms with van der Waals surface area (Å²) >= 11 is 5.94. The molecule has 1 saturated heterocycles. The van der Waals surface area contributed by atoms with Gasteiger partial charge in [-0.05, 0) is 18.2 Å². The molecule has 0 aliphatic carbocycles. The lowest BCUT2D eigenvalue weighted by atomic mass is 10.1. The molecule has 0 spiro atoms. The van der Waals surface area contributed by atoms with E-state index in [1.807, 2.05) is 24.3 Å². The first kappa shape index (κ1) is 18.9. The molecule has 27 heavy (non-hydrogen) atoms. The molecular weight excluding hydrogens is 364 g/mol. The highest BCUT2D eigenvalue weighted by atomic mass is 35.5. The number of nitrogens with zero attached hydrogens (tertiary/aromatic N) is 4. The van der Waals surface area contributed by atoms with Crippen LogP contribution in [0.25, 0.3) is 10.9 Å². The van der Waals surface area contributed by atoms with Crippen molar-refractivity contribution in [1.82, 2.24) is 15.0 Å². The summed E-state index contributed by atoms with van der Waals surface area (Å²) < 4.78 is 10.2. The fourth-order valence-corrected chi connectivity index (χ4v) is 2.71. The maximum atomic E-state index is 5.94. The van der Waals surface area contributed by atoms with E-state index in [1.54, 1.807) is 19.5 Å². The molecular formula is C20H19ClN4O2. The van der Waals surface area contributed by atoms with Gasteiger partial charge in [0, 0.05) is 24.9 Å². The molecule has 1 aliphatic heterocycles. The van der Waals surface area contributed by atoms with Gasteiger partial charge in [-0.25, -0.2) is 15.0 Å². The van der Waals surface area contributed by atoms with Crippen molar-refractivity contribution in [2.24, 2.45) is 0 Å². The molecule has 1 aliphatic rings. The van der Waals surface area contributed by atoms with E-state index in [0.29, 0.717) is 17.6 Å².